The first-order valence-electron chi connectivity index (χ1n) is 8.81. The van der Waals surface area contributed by atoms with Crippen LogP contribution in [0.15, 0.2) is 59.6 Å². The smallest absolute Gasteiger partial charge is 0.237 e. The second-order valence-corrected chi connectivity index (χ2v) is 7.35. The van der Waals surface area contributed by atoms with E-state index in [1.807, 2.05) is 62.4 Å². The number of benzene rings is 2. The number of anilines is 1. The van der Waals surface area contributed by atoms with Gasteiger partial charge in [-0.05, 0) is 49.2 Å². The average Bonchev–Trinajstić information content (AvgIpc) is 2.69. The Kier molecular flexibility index (Phi) is 6.10. The van der Waals surface area contributed by atoms with Crippen LogP contribution < -0.4 is 4.90 Å². The standard InChI is InChI=1S/C22H21N3OS/c1-16-8-9-18(14-17(16)2)25(13-5-11-23)22(26)15-27-21-10-12-24-20-7-4-3-6-19(20)21/h3-4,6-10,12,14H,5,13,15H2,1-2H3. The fourth-order valence-corrected chi connectivity index (χ4v) is 3.79. The number of carbonyl (C=O) groups is 1. The van der Waals surface area contributed by atoms with Gasteiger partial charge >= 0.3 is 0 Å². The molecule has 0 unspecified atom stereocenters. The number of carbonyl (C=O) groups excluding carboxylic acids is 1. The Morgan fingerprint density at radius 3 is 2.74 bits per heavy atom. The lowest BCUT2D eigenvalue weighted by atomic mass is 10.1. The summed E-state index contributed by atoms with van der Waals surface area (Å²) < 4.78 is 0. The molecule has 2 aromatic carbocycles. The molecule has 0 spiro atoms. The highest BCUT2D eigenvalue weighted by Gasteiger charge is 2.17. The first kappa shape index (κ1) is 18.9. The molecule has 3 aromatic rings. The molecule has 27 heavy (non-hydrogen) atoms. The summed E-state index contributed by atoms with van der Waals surface area (Å²) in [6.45, 7) is 4.48. The molecule has 0 saturated heterocycles. The Bertz CT molecular complexity index is 1000. The lowest BCUT2D eigenvalue weighted by Crippen LogP contribution is -2.33. The summed E-state index contributed by atoms with van der Waals surface area (Å²) in [5, 5.41) is 10.0. The summed E-state index contributed by atoms with van der Waals surface area (Å²) in [6, 6.07) is 18.0. The third-order valence-electron chi connectivity index (χ3n) is 4.51. The van der Waals surface area contributed by atoms with Crippen LogP contribution in [0.4, 0.5) is 5.69 Å². The highest BCUT2D eigenvalue weighted by Crippen LogP contribution is 2.27. The maximum absolute atomic E-state index is 12.9. The van der Waals surface area contributed by atoms with Crippen LogP contribution >= 0.6 is 11.8 Å². The van der Waals surface area contributed by atoms with Crippen LogP contribution in [-0.2, 0) is 4.79 Å². The van der Waals surface area contributed by atoms with Crippen LogP contribution in [0.2, 0.25) is 0 Å². The van der Waals surface area contributed by atoms with E-state index >= 15 is 0 Å². The first-order chi connectivity index (χ1) is 13.1. The van der Waals surface area contributed by atoms with Crippen molar-refractivity contribution in [2.45, 2.75) is 25.2 Å². The Hall–Kier alpha value is -2.84. The molecule has 0 aliphatic heterocycles. The number of para-hydroxylation sites is 1. The van der Waals surface area contributed by atoms with Crippen molar-refractivity contribution in [1.29, 1.82) is 5.26 Å². The first-order valence-corrected chi connectivity index (χ1v) is 9.80. The van der Waals surface area contributed by atoms with Crippen molar-refractivity contribution >= 4 is 34.3 Å². The molecule has 1 heterocycles. The van der Waals surface area contributed by atoms with Gasteiger partial charge in [-0.1, -0.05) is 24.3 Å². The van der Waals surface area contributed by atoms with Crippen molar-refractivity contribution in [2.75, 3.05) is 17.2 Å². The predicted octanol–water partition coefficient (Wildman–Crippen LogP) is 4.89. The summed E-state index contributed by atoms with van der Waals surface area (Å²) in [4.78, 5) is 20.1. The number of nitrogens with zero attached hydrogens (tertiary/aromatic N) is 3. The number of nitriles is 1. The van der Waals surface area contributed by atoms with Crippen molar-refractivity contribution in [3.63, 3.8) is 0 Å². The van der Waals surface area contributed by atoms with Gasteiger partial charge in [0, 0.05) is 28.7 Å². The van der Waals surface area contributed by atoms with Gasteiger partial charge in [0.2, 0.25) is 5.91 Å². The van der Waals surface area contributed by atoms with Gasteiger partial charge in [-0.2, -0.15) is 5.26 Å². The molecule has 0 fully saturated rings. The average molecular weight is 375 g/mol. The fraction of sp³-hybridized carbons (Fsp3) is 0.227. The lowest BCUT2D eigenvalue weighted by Gasteiger charge is -2.22. The Morgan fingerprint density at radius 2 is 1.96 bits per heavy atom. The van der Waals surface area contributed by atoms with E-state index in [4.69, 9.17) is 5.26 Å². The van der Waals surface area contributed by atoms with Gasteiger partial charge in [-0.25, -0.2) is 0 Å². The SMILES string of the molecule is Cc1ccc(N(CCC#N)C(=O)CSc2ccnc3ccccc23)cc1C. The van der Waals surface area contributed by atoms with Gasteiger partial charge in [-0.3, -0.25) is 9.78 Å². The molecule has 1 amide bonds. The van der Waals surface area contributed by atoms with Gasteiger partial charge in [0.15, 0.2) is 0 Å². The highest BCUT2D eigenvalue weighted by atomic mass is 32.2. The molecule has 5 heteroatoms. The van der Waals surface area contributed by atoms with Crippen LogP contribution in [0.5, 0.6) is 0 Å². The number of amides is 1. The number of thioether (sulfide) groups is 1. The molecule has 0 aliphatic carbocycles. The van der Waals surface area contributed by atoms with Crippen LogP contribution in [0, 0.1) is 25.2 Å². The molecule has 0 N–H and O–H groups in total. The zero-order valence-corrected chi connectivity index (χ0v) is 16.3. The van der Waals surface area contributed by atoms with Crippen molar-refractivity contribution in [2.24, 2.45) is 0 Å². The number of hydrogen-bond donors (Lipinski definition) is 0. The molecule has 0 bridgehead atoms. The van der Waals surface area contributed by atoms with E-state index in [0.29, 0.717) is 18.7 Å². The molecule has 0 aliphatic rings. The van der Waals surface area contributed by atoms with E-state index in [2.05, 4.69) is 11.1 Å². The van der Waals surface area contributed by atoms with E-state index in [1.54, 1.807) is 11.1 Å². The lowest BCUT2D eigenvalue weighted by molar-refractivity contribution is -0.116. The summed E-state index contributed by atoms with van der Waals surface area (Å²) >= 11 is 1.51. The van der Waals surface area contributed by atoms with Crippen LogP contribution in [-0.4, -0.2) is 23.2 Å². The number of rotatable bonds is 6. The summed E-state index contributed by atoms with van der Waals surface area (Å²) in [5.41, 5.74) is 4.09. The minimum atomic E-state index is -0.000559. The normalized spacial score (nSPS) is 10.6. The highest BCUT2D eigenvalue weighted by molar-refractivity contribution is 8.00. The number of fused-ring (bicyclic) bond motifs is 1. The van der Waals surface area contributed by atoms with Crippen LogP contribution in [0.1, 0.15) is 17.5 Å². The maximum atomic E-state index is 12.9. The molecule has 1 aromatic heterocycles. The zero-order chi connectivity index (χ0) is 19.2. The second-order valence-electron chi connectivity index (χ2n) is 6.34. The predicted molar refractivity (Wildman–Crippen MR) is 111 cm³/mol. The number of aryl methyl sites for hydroxylation is 2. The number of aromatic nitrogens is 1. The van der Waals surface area contributed by atoms with E-state index < -0.39 is 0 Å². The molecule has 0 atom stereocenters. The topological polar surface area (TPSA) is 57.0 Å². The molecule has 0 radical (unpaired) electrons. The van der Waals surface area contributed by atoms with Crippen LogP contribution in [0.3, 0.4) is 0 Å². The van der Waals surface area contributed by atoms with Crippen molar-refractivity contribution < 1.29 is 4.79 Å². The molecular weight excluding hydrogens is 354 g/mol. The minimum Gasteiger partial charge on any atom is -0.311 e. The summed E-state index contributed by atoms with van der Waals surface area (Å²) in [5.74, 6) is 0.311. The summed E-state index contributed by atoms with van der Waals surface area (Å²) in [7, 11) is 0. The Morgan fingerprint density at radius 1 is 1.15 bits per heavy atom. The van der Waals surface area contributed by atoms with Gasteiger partial charge in [0.05, 0.1) is 23.8 Å². The van der Waals surface area contributed by atoms with Gasteiger partial charge in [0.1, 0.15) is 0 Å². The van der Waals surface area contributed by atoms with Gasteiger partial charge in [-0.15, -0.1) is 11.8 Å². The Balaban J connectivity index is 1.80. The number of pyridine rings is 1. The molecule has 3 rings (SSSR count). The molecular formula is C22H21N3OS. The quantitative estimate of drug-likeness (QED) is 0.576. The van der Waals surface area contributed by atoms with Crippen molar-refractivity contribution in [3.8, 4) is 6.07 Å². The maximum Gasteiger partial charge on any atom is 0.237 e. The molecule has 136 valence electrons. The molecule has 4 nitrogen and oxygen atoms in total. The van der Waals surface area contributed by atoms with E-state index in [9.17, 15) is 4.79 Å². The van der Waals surface area contributed by atoms with Crippen LogP contribution in [0.25, 0.3) is 10.9 Å². The van der Waals surface area contributed by atoms with Crippen molar-refractivity contribution in [3.05, 3.63) is 65.9 Å². The van der Waals surface area contributed by atoms with Gasteiger partial charge < -0.3 is 4.90 Å². The number of hydrogen-bond acceptors (Lipinski definition) is 4. The zero-order valence-electron chi connectivity index (χ0n) is 15.5. The third kappa shape index (κ3) is 4.47. The fourth-order valence-electron chi connectivity index (χ4n) is 2.87. The van der Waals surface area contributed by atoms with Gasteiger partial charge in [0.25, 0.3) is 0 Å². The van der Waals surface area contributed by atoms with E-state index in [1.165, 1.54) is 17.3 Å². The largest absolute Gasteiger partial charge is 0.311 e. The summed E-state index contributed by atoms with van der Waals surface area (Å²) in [6.07, 6.45) is 2.08. The minimum absolute atomic E-state index is 0.000559. The Labute approximate surface area is 163 Å². The van der Waals surface area contributed by atoms with Crippen molar-refractivity contribution in [1.82, 2.24) is 4.98 Å². The van der Waals surface area contributed by atoms with E-state index in [-0.39, 0.29) is 5.91 Å². The van der Waals surface area contributed by atoms with E-state index in [0.717, 1.165) is 27.0 Å². The second kappa shape index (κ2) is 8.70. The monoisotopic (exact) mass is 375 g/mol. The third-order valence-corrected chi connectivity index (χ3v) is 5.57. The molecule has 0 saturated carbocycles.